The lowest BCUT2D eigenvalue weighted by atomic mass is 9.88. The van der Waals surface area contributed by atoms with Crippen LogP contribution in [0.2, 0.25) is 0 Å². The zero-order valence-corrected chi connectivity index (χ0v) is 12.2. The van der Waals surface area contributed by atoms with Crippen molar-refractivity contribution in [2.24, 2.45) is 0 Å². The smallest absolute Gasteiger partial charge is 0.234 e. The molecule has 6 nitrogen and oxygen atoms in total. The third-order valence-electron chi connectivity index (χ3n) is 4.51. The van der Waals surface area contributed by atoms with Crippen LogP contribution in [0.25, 0.3) is 5.95 Å². The highest BCUT2D eigenvalue weighted by Crippen LogP contribution is 2.45. The van der Waals surface area contributed by atoms with Gasteiger partial charge in [-0.1, -0.05) is 0 Å². The Morgan fingerprint density at radius 3 is 2.48 bits per heavy atom. The first-order valence-corrected chi connectivity index (χ1v) is 8.36. The van der Waals surface area contributed by atoms with Gasteiger partial charge in [0.1, 0.15) is 6.33 Å². The normalized spacial score (nSPS) is 35.0. The summed E-state index contributed by atoms with van der Waals surface area (Å²) in [6.45, 7) is 0. The van der Waals surface area contributed by atoms with Crippen molar-refractivity contribution in [1.82, 2.24) is 19.5 Å². The molecule has 7 heteroatoms. The van der Waals surface area contributed by atoms with Crippen LogP contribution in [-0.4, -0.2) is 39.3 Å². The van der Waals surface area contributed by atoms with E-state index in [1.54, 1.807) is 35.7 Å². The van der Waals surface area contributed by atoms with E-state index in [9.17, 15) is 9.32 Å². The van der Waals surface area contributed by atoms with Crippen LogP contribution in [0.4, 0.5) is 0 Å². The number of hydrogen-bond donors (Lipinski definition) is 1. The Kier molecular flexibility index (Phi) is 2.93. The first kappa shape index (κ1) is 13.1. The third-order valence-corrected chi connectivity index (χ3v) is 6.63. The van der Waals surface area contributed by atoms with Crippen molar-refractivity contribution in [3.63, 3.8) is 0 Å². The number of nitrogens with zero attached hydrogens (tertiary/aromatic N) is 4. The van der Waals surface area contributed by atoms with Crippen LogP contribution in [0.5, 0.6) is 0 Å². The van der Waals surface area contributed by atoms with Crippen LogP contribution in [0.1, 0.15) is 31.2 Å². The number of hydrogen-bond acceptors (Lipinski definition) is 5. The summed E-state index contributed by atoms with van der Waals surface area (Å²) in [5.74, 6) is 0.530. The van der Waals surface area contributed by atoms with Gasteiger partial charge in [0.15, 0.2) is 0 Å². The number of rotatable bonds is 2. The number of aliphatic hydroxyl groups is 1. The van der Waals surface area contributed by atoms with Gasteiger partial charge < -0.3 is 5.11 Å². The van der Waals surface area contributed by atoms with Crippen molar-refractivity contribution in [2.45, 2.75) is 41.8 Å². The molecule has 4 rings (SSSR count). The average molecular weight is 304 g/mol. The fraction of sp³-hybridized carbons (Fsp3) is 0.500. The number of aromatic nitrogens is 4. The lowest BCUT2D eigenvalue weighted by Crippen LogP contribution is -2.40. The molecule has 0 aliphatic carbocycles. The Morgan fingerprint density at radius 2 is 1.90 bits per heavy atom. The zero-order chi connectivity index (χ0) is 14.4. The molecule has 2 fully saturated rings. The fourth-order valence-corrected chi connectivity index (χ4v) is 5.55. The number of imidazole rings is 1. The largest absolute Gasteiger partial charge is 0.385 e. The maximum atomic E-state index is 12.1. The van der Waals surface area contributed by atoms with Gasteiger partial charge in [-0.05, 0) is 25.7 Å². The van der Waals surface area contributed by atoms with E-state index in [2.05, 4.69) is 15.0 Å². The molecule has 0 saturated carbocycles. The first-order valence-electron chi connectivity index (χ1n) is 7.08. The minimum absolute atomic E-state index is 0.113. The Hall–Kier alpha value is -1.60. The maximum Gasteiger partial charge on any atom is 0.234 e. The SMILES string of the molecule is O=S1C2CCC1CC(O)(c1cnc(-n3ccnc3)nc1)C2. The monoisotopic (exact) mass is 304 g/mol. The average Bonchev–Trinajstić information content (AvgIpc) is 3.09. The molecule has 4 heterocycles. The molecular formula is C14H16N4O2S. The molecule has 2 aromatic rings. The topological polar surface area (TPSA) is 80.9 Å². The Bertz CT molecular complexity index is 655. The van der Waals surface area contributed by atoms with Crippen LogP contribution >= 0.6 is 0 Å². The van der Waals surface area contributed by atoms with Crippen molar-refractivity contribution in [3.8, 4) is 5.95 Å². The van der Waals surface area contributed by atoms with Gasteiger partial charge in [0.2, 0.25) is 5.95 Å². The van der Waals surface area contributed by atoms with Gasteiger partial charge >= 0.3 is 0 Å². The molecule has 0 spiro atoms. The van der Waals surface area contributed by atoms with Crippen molar-refractivity contribution < 1.29 is 9.32 Å². The lowest BCUT2D eigenvalue weighted by Gasteiger charge is -2.35. The zero-order valence-electron chi connectivity index (χ0n) is 11.4. The molecule has 0 radical (unpaired) electrons. The second-order valence-electron chi connectivity index (χ2n) is 5.83. The summed E-state index contributed by atoms with van der Waals surface area (Å²) < 4.78 is 13.8. The highest BCUT2D eigenvalue weighted by Gasteiger charge is 2.48. The Labute approximate surface area is 124 Å². The Morgan fingerprint density at radius 1 is 1.24 bits per heavy atom. The van der Waals surface area contributed by atoms with Crippen LogP contribution in [0.15, 0.2) is 31.1 Å². The standard InChI is InChI=1S/C14H16N4O2S/c19-14(5-11-1-2-12(6-14)21(11)20)10-7-16-13(17-8-10)18-4-3-15-9-18/h3-4,7-9,11-12,19H,1-2,5-6H2. The summed E-state index contributed by atoms with van der Waals surface area (Å²) in [6.07, 6.45) is 11.4. The summed E-state index contributed by atoms with van der Waals surface area (Å²) in [4.78, 5) is 12.6. The molecular weight excluding hydrogens is 288 g/mol. The van der Waals surface area contributed by atoms with E-state index in [0.717, 1.165) is 18.4 Å². The molecule has 2 unspecified atom stereocenters. The van der Waals surface area contributed by atoms with Crippen molar-refractivity contribution in [2.75, 3.05) is 0 Å². The van der Waals surface area contributed by atoms with Gasteiger partial charge in [0.05, 0.1) is 5.60 Å². The van der Waals surface area contributed by atoms with Gasteiger partial charge in [0, 0.05) is 51.7 Å². The second-order valence-corrected chi connectivity index (χ2v) is 7.82. The van der Waals surface area contributed by atoms with E-state index in [0.29, 0.717) is 18.8 Å². The van der Waals surface area contributed by atoms with Crippen LogP contribution < -0.4 is 0 Å². The Balaban J connectivity index is 1.63. The molecule has 2 saturated heterocycles. The van der Waals surface area contributed by atoms with Gasteiger partial charge in [-0.2, -0.15) is 0 Å². The van der Waals surface area contributed by atoms with Crippen LogP contribution in [0, 0.1) is 0 Å². The highest BCUT2D eigenvalue weighted by atomic mass is 32.2. The van der Waals surface area contributed by atoms with Crippen molar-refractivity contribution in [3.05, 3.63) is 36.7 Å². The fourth-order valence-electron chi connectivity index (χ4n) is 3.39. The van der Waals surface area contributed by atoms with E-state index in [-0.39, 0.29) is 10.5 Å². The molecule has 2 aromatic heterocycles. The van der Waals surface area contributed by atoms with Gasteiger partial charge in [-0.15, -0.1) is 0 Å². The summed E-state index contributed by atoms with van der Waals surface area (Å²) in [5.41, 5.74) is -0.215. The maximum absolute atomic E-state index is 12.1. The van der Waals surface area contributed by atoms with Crippen LogP contribution in [0.3, 0.4) is 0 Å². The predicted molar refractivity (Wildman–Crippen MR) is 77.2 cm³/mol. The molecule has 2 aliphatic heterocycles. The quantitative estimate of drug-likeness (QED) is 0.892. The molecule has 2 aliphatic rings. The van der Waals surface area contributed by atoms with Crippen molar-refractivity contribution >= 4 is 10.8 Å². The molecule has 110 valence electrons. The lowest BCUT2D eigenvalue weighted by molar-refractivity contribution is 0.0178. The number of fused-ring (bicyclic) bond motifs is 2. The second kappa shape index (κ2) is 4.71. The third kappa shape index (κ3) is 2.11. The van der Waals surface area contributed by atoms with E-state index < -0.39 is 16.4 Å². The van der Waals surface area contributed by atoms with Crippen LogP contribution in [-0.2, 0) is 16.4 Å². The molecule has 0 amide bonds. The molecule has 21 heavy (non-hydrogen) atoms. The highest BCUT2D eigenvalue weighted by molar-refractivity contribution is 7.86. The summed E-state index contributed by atoms with van der Waals surface area (Å²) >= 11 is 0. The van der Waals surface area contributed by atoms with E-state index in [1.165, 1.54) is 0 Å². The summed E-state index contributed by atoms with van der Waals surface area (Å²) in [6, 6.07) is 0. The molecule has 1 N–H and O–H groups in total. The predicted octanol–water partition coefficient (Wildman–Crippen LogP) is 0.923. The van der Waals surface area contributed by atoms with Crippen molar-refractivity contribution in [1.29, 1.82) is 0 Å². The van der Waals surface area contributed by atoms with E-state index in [4.69, 9.17) is 0 Å². The summed E-state index contributed by atoms with van der Waals surface area (Å²) in [7, 11) is -0.781. The minimum atomic E-state index is -0.937. The van der Waals surface area contributed by atoms with E-state index >= 15 is 0 Å². The van der Waals surface area contributed by atoms with Gasteiger partial charge in [-0.25, -0.2) is 15.0 Å². The first-order chi connectivity index (χ1) is 10.2. The minimum Gasteiger partial charge on any atom is -0.385 e. The summed E-state index contributed by atoms with van der Waals surface area (Å²) in [5, 5.41) is 11.2. The molecule has 0 aromatic carbocycles. The molecule has 2 atom stereocenters. The van der Waals surface area contributed by atoms with Gasteiger partial charge in [0.25, 0.3) is 0 Å². The molecule has 2 bridgehead atoms. The van der Waals surface area contributed by atoms with E-state index in [1.807, 2.05) is 0 Å². The van der Waals surface area contributed by atoms with Gasteiger partial charge in [-0.3, -0.25) is 8.78 Å².